The van der Waals surface area contributed by atoms with Crippen LogP contribution in [0.4, 0.5) is 0 Å². The van der Waals surface area contributed by atoms with E-state index in [1.807, 2.05) is 0 Å². The molecule has 0 heterocycles. The molecule has 0 aromatic rings. The predicted octanol–water partition coefficient (Wildman–Crippen LogP) is 15.5. The Balaban J connectivity index is 4.25. The maximum absolute atomic E-state index is 12.7. The molecule has 0 saturated carbocycles. The summed E-state index contributed by atoms with van der Waals surface area (Å²) in [6.07, 6.45) is 43.8. The summed E-state index contributed by atoms with van der Waals surface area (Å²) in [6.45, 7) is 8.97. The van der Waals surface area contributed by atoms with Crippen molar-refractivity contribution in [3.63, 3.8) is 0 Å². The number of unbranched alkanes of at least 4 members (excludes halogenated alkanes) is 30. The van der Waals surface area contributed by atoms with Gasteiger partial charge in [0, 0.05) is 19.3 Å². The monoisotopic (exact) mass is 779 g/mol. The van der Waals surface area contributed by atoms with Gasteiger partial charge in [0.25, 0.3) is 0 Å². The van der Waals surface area contributed by atoms with Crippen molar-refractivity contribution in [1.29, 1.82) is 0 Å². The molecule has 0 radical (unpaired) electrons. The van der Waals surface area contributed by atoms with Gasteiger partial charge in [0.05, 0.1) is 0 Å². The highest BCUT2D eigenvalue weighted by atomic mass is 16.6. The molecule has 2 atom stereocenters. The third-order valence-electron chi connectivity index (χ3n) is 11.4. The summed E-state index contributed by atoms with van der Waals surface area (Å²) in [5.74, 6) is -0.0395. The number of rotatable bonds is 44. The molecule has 0 saturated heterocycles. The Morgan fingerprint density at radius 1 is 0.364 bits per heavy atom. The number of hydrogen-bond donors (Lipinski definition) is 0. The molecule has 0 bridgehead atoms. The zero-order valence-electron chi connectivity index (χ0n) is 37.4. The second kappa shape index (κ2) is 43.5. The molecule has 0 spiro atoms. The lowest BCUT2D eigenvalue weighted by atomic mass is 10.00. The molecule has 55 heavy (non-hydrogen) atoms. The Morgan fingerprint density at radius 3 is 0.945 bits per heavy atom. The fourth-order valence-corrected chi connectivity index (χ4v) is 7.30. The van der Waals surface area contributed by atoms with E-state index >= 15 is 0 Å². The lowest BCUT2D eigenvalue weighted by molar-refractivity contribution is -0.167. The zero-order valence-corrected chi connectivity index (χ0v) is 37.4. The summed E-state index contributed by atoms with van der Waals surface area (Å²) < 4.78 is 16.7. The average molecular weight is 779 g/mol. The van der Waals surface area contributed by atoms with Gasteiger partial charge in [-0.15, -0.1) is 0 Å². The molecule has 0 aromatic carbocycles. The minimum atomic E-state index is -0.760. The van der Waals surface area contributed by atoms with E-state index in [1.54, 1.807) is 0 Å². The van der Waals surface area contributed by atoms with Crippen molar-refractivity contribution < 1.29 is 28.6 Å². The number of ether oxygens (including phenoxy) is 3. The van der Waals surface area contributed by atoms with E-state index in [2.05, 4.69) is 27.7 Å². The molecule has 0 N–H and O–H groups in total. The third kappa shape index (κ3) is 41.9. The van der Waals surface area contributed by atoms with Crippen molar-refractivity contribution in [2.75, 3.05) is 13.2 Å². The molecule has 0 rings (SSSR count). The van der Waals surface area contributed by atoms with Gasteiger partial charge < -0.3 is 14.2 Å². The van der Waals surface area contributed by atoms with Gasteiger partial charge in [0.15, 0.2) is 6.10 Å². The minimum absolute atomic E-state index is 0.0640. The summed E-state index contributed by atoms with van der Waals surface area (Å²) in [7, 11) is 0. The zero-order chi connectivity index (χ0) is 40.3. The van der Waals surface area contributed by atoms with Crippen LogP contribution in [0.15, 0.2) is 0 Å². The highest BCUT2D eigenvalue weighted by molar-refractivity contribution is 5.71. The predicted molar refractivity (Wildman–Crippen MR) is 233 cm³/mol. The van der Waals surface area contributed by atoms with Crippen molar-refractivity contribution in [2.45, 2.75) is 278 Å². The molecule has 326 valence electrons. The summed E-state index contributed by atoms with van der Waals surface area (Å²) in [4.78, 5) is 37.7. The summed E-state index contributed by atoms with van der Waals surface area (Å²) in [5, 5.41) is 0. The highest BCUT2D eigenvalue weighted by Gasteiger charge is 2.19. The summed E-state index contributed by atoms with van der Waals surface area (Å²) >= 11 is 0. The topological polar surface area (TPSA) is 78.9 Å². The Labute approximate surface area is 342 Å². The second-order valence-electron chi connectivity index (χ2n) is 17.0. The van der Waals surface area contributed by atoms with Gasteiger partial charge in [-0.3, -0.25) is 14.4 Å². The van der Waals surface area contributed by atoms with Crippen molar-refractivity contribution >= 4 is 17.9 Å². The molecular weight excluding hydrogens is 685 g/mol. The Bertz CT molecular complexity index is 828. The van der Waals surface area contributed by atoms with Gasteiger partial charge >= 0.3 is 17.9 Å². The summed E-state index contributed by atoms with van der Waals surface area (Å²) in [5.41, 5.74) is 0. The van der Waals surface area contributed by atoms with E-state index in [0.717, 1.165) is 63.7 Å². The molecule has 0 aliphatic carbocycles. The van der Waals surface area contributed by atoms with Crippen LogP contribution < -0.4 is 0 Å². The maximum Gasteiger partial charge on any atom is 0.306 e. The van der Waals surface area contributed by atoms with Crippen LogP contribution in [-0.4, -0.2) is 37.2 Å². The fraction of sp³-hybridized carbons (Fsp3) is 0.939. The maximum atomic E-state index is 12.7. The minimum Gasteiger partial charge on any atom is -0.462 e. The first-order valence-corrected chi connectivity index (χ1v) is 24.4. The molecule has 0 amide bonds. The molecular formula is C49H94O6. The van der Waals surface area contributed by atoms with Gasteiger partial charge in [-0.2, -0.15) is 0 Å². The number of carbonyl (C=O) groups excluding carboxylic acids is 3. The smallest absolute Gasteiger partial charge is 0.306 e. The third-order valence-corrected chi connectivity index (χ3v) is 11.4. The number of esters is 3. The largest absolute Gasteiger partial charge is 0.462 e. The van der Waals surface area contributed by atoms with Crippen LogP contribution in [0, 0.1) is 5.92 Å². The Morgan fingerprint density at radius 2 is 0.636 bits per heavy atom. The van der Waals surface area contributed by atoms with E-state index in [4.69, 9.17) is 14.2 Å². The highest BCUT2D eigenvalue weighted by Crippen LogP contribution is 2.17. The molecule has 1 unspecified atom stereocenters. The van der Waals surface area contributed by atoms with E-state index in [-0.39, 0.29) is 31.1 Å². The molecule has 0 aliphatic rings. The first-order chi connectivity index (χ1) is 26.9. The first kappa shape index (κ1) is 53.4. The molecule has 0 fully saturated rings. The van der Waals surface area contributed by atoms with E-state index in [0.29, 0.717) is 19.3 Å². The SMILES string of the molecule is CCCCCCCCCCCCCCCCCCCC(=O)OC[C@H](COC(=O)CCCCCCCCC(C)CC)OC(=O)CCCCCCCCCCCC. The second-order valence-corrected chi connectivity index (χ2v) is 17.0. The molecule has 0 aromatic heterocycles. The fourth-order valence-electron chi connectivity index (χ4n) is 7.30. The van der Waals surface area contributed by atoms with Crippen LogP contribution in [0.1, 0.15) is 272 Å². The standard InChI is InChI=1S/C49H94O6/c1-5-8-10-12-14-16-18-19-20-21-22-23-24-26-27-32-36-40-47(50)53-43-46(55-49(52)42-38-34-28-25-17-15-13-11-9-6-2)44-54-48(51)41-37-33-30-29-31-35-39-45(4)7-3/h45-46H,5-44H2,1-4H3/t45?,46-/m1/s1. The lowest BCUT2D eigenvalue weighted by Crippen LogP contribution is -2.30. The van der Waals surface area contributed by atoms with Crippen LogP contribution in [0.5, 0.6) is 0 Å². The van der Waals surface area contributed by atoms with Gasteiger partial charge in [0.2, 0.25) is 0 Å². The van der Waals surface area contributed by atoms with Gasteiger partial charge in [-0.1, -0.05) is 233 Å². The van der Waals surface area contributed by atoms with Gasteiger partial charge in [0.1, 0.15) is 13.2 Å². The molecule has 6 heteroatoms. The van der Waals surface area contributed by atoms with E-state index < -0.39 is 6.10 Å². The van der Waals surface area contributed by atoms with Crippen molar-refractivity contribution in [2.24, 2.45) is 5.92 Å². The van der Waals surface area contributed by atoms with E-state index in [9.17, 15) is 14.4 Å². The van der Waals surface area contributed by atoms with Crippen LogP contribution >= 0.6 is 0 Å². The van der Waals surface area contributed by atoms with Crippen molar-refractivity contribution in [3.05, 3.63) is 0 Å². The normalized spacial score (nSPS) is 12.4. The first-order valence-electron chi connectivity index (χ1n) is 24.4. The average Bonchev–Trinajstić information content (AvgIpc) is 3.18. The van der Waals surface area contributed by atoms with Crippen LogP contribution in [0.3, 0.4) is 0 Å². The lowest BCUT2D eigenvalue weighted by Gasteiger charge is -2.18. The number of hydrogen-bond acceptors (Lipinski definition) is 6. The Hall–Kier alpha value is -1.59. The van der Waals surface area contributed by atoms with Gasteiger partial charge in [-0.25, -0.2) is 0 Å². The van der Waals surface area contributed by atoms with Crippen molar-refractivity contribution in [1.82, 2.24) is 0 Å². The van der Waals surface area contributed by atoms with Gasteiger partial charge in [-0.05, 0) is 25.2 Å². The van der Waals surface area contributed by atoms with Crippen LogP contribution in [0.2, 0.25) is 0 Å². The summed E-state index contributed by atoms with van der Waals surface area (Å²) in [6, 6.07) is 0. The van der Waals surface area contributed by atoms with Crippen LogP contribution in [0.25, 0.3) is 0 Å². The quantitative estimate of drug-likeness (QED) is 0.0348. The Kier molecular flexibility index (Phi) is 42.3. The molecule has 0 aliphatic heterocycles. The van der Waals surface area contributed by atoms with Crippen LogP contribution in [-0.2, 0) is 28.6 Å². The van der Waals surface area contributed by atoms with E-state index in [1.165, 1.54) is 167 Å². The molecule has 6 nitrogen and oxygen atoms in total. The van der Waals surface area contributed by atoms with Crippen molar-refractivity contribution in [3.8, 4) is 0 Å². The number of carbonyl (C=O) groups is 3.